The first-order chi connectivity index (χ1) is 9.45. The minimum atomic E-state index is -3.51. The average molecular weight is 298 g/mol. The SMILES string of the molecule is COc1ccc(S(=O)(=O)N2CCC(C(N)=O)CC2)cc1. The van der Waals surface area contributed by atoms with E-state index in [1.54, 1.807) is 12.1 Å². The fourth-order valence-electron chi connectivity index (χ4n) is 2.28. The Hall–Kier alpha value is -1.60. The van der Waals surface area contributed by atoms with Gasteiger partial charge in [-0.2, -0.15) is 4.31 Å². The molecule has 110 valence electrons. The van der Waals surface area contributed by atoms with Crippen LogP contribution in [0.1, 0.15) is 12.8 Å². The monoisotopic (exact) mass is 298 g/mol. The number of methoxy groups -OCH3 is 1. The highest BCUT2D eigenvalue weighted by molar-refractivity contribution is 7.89. The molecule has 2 rings (SSSR count). The first kappa shape index (κ1) is 14.8. The lowest BCUT2D eigenvalue weighted by Crippen LogP contribution is -2.41. The van der Waals surface area contributed by atoms with Gasteiger partial charge in [0.15, 0.2) is 0 Å². The molecule has 2 N–H and O–H groups in total. The number of rotatable bonds is 4. The number of benzene rings is 1. The highest BCUT2D eigenvalue weighted by Crippen LogP contribution is 2.24. The standard InChI is InChI=1S/C13H18N2O4S/c1-19-11-2-4-12(5-3-11)20(17,18)15-8-6-10(7-9-15)13(14)16/h2-5,10H,6-9H2,1H3,(H2,14,16). The summed E-state index contributed by atoms with van der Waals surface area (Å²) >= 11 is 0. The van der Waals surface area contributed by atoms with Crippen molar-refractivity contribution < 1.29 is 17.9 Å². The lowest BCUT2D eigenvalue weighted by molar-refractivity contribution is -0.122. The van der Waals surface area contributed by atoms with Crippen molar-refractivity contribution in [2.24, 2.45) is 11.7 Å². The predicted molar refractivity (Wildman–Crippen MR) is 73.7 cm³/mol. The zero-order valence-electron chi connectivity index (χ0n) is 11.3. The number of carbonyl (C=O) groups excluding carboxylic acids is 1. The minimum Gasteiger partial charge on any atom is -0.497 e. The molecule has 6 nitrogen and oxygen atoms in total. The molecule has 1 saturated heterocycles. The second-order valence-corrected chi connectivity index (χ2v) is 6.69. The molecular weight excluding hydrogens is 280 g/mol. The van der Waals surface area contributed by atoms with Crippen LogP contribution >= 0.6 is 0 Å². The van der Waals surface area contributed by atoms with E-state index in [-0.39, 0.29) is 16.7 Å². The zero-order valence-corrected chi connectivity index (χ0v) is 12.1. The third-order valence-electron chi connectivity index (χ3n) is 3.55. The number of ether oxygens (including phenoxy) is 1. The molecule has 1 amide bonds. The maximum atomic E-state index is 12.4. The summed E-state index contributed by atoms with van der Waals surface area (Å²) in [6, 6.07) is 6.27. The molecule has 20 heavy (non-hydrogen) atoms. The highest BCUT2D eigenvalue weighted by Gasteiger charge is 2.31. The molecular formula is C13H18N2O4S. The number of nitrogens with two attached hydrogens (primary N) is 1. The number of piperidine rings is 1. The third kappa shape index (κ3) is 2.94. The number of carbonyl (C=O) groups is 1. The van der Waals surface area contributed by atoms with Gasteiger partial charge in [0.2, 0.25) is 15.9 Å². The number of amides is 1. The van der Waals surface area contributed by atoms with Crippen molar-refractivity contribution in [1.29, 1.82) is 0 Å². The molecule has 0 radical (unpaired) electrons. The number of hydrogen-bond donors (Lipinski definition) is 1. The Morgan fingerprint density at radius 3 is 2.25 bits per heavy atom. The van der Waals surface area contributed by atoms with Crippen molar-refractivity contribution in [2.45, 2.75) is 17.7 Å². The number of primary amides is 1. The summed E-state index contributed by atoms with van der Waals surface area (Å²) in [4.78, 5) is 11.3. The van der Waals surface area contributed by atoms with Crippen LogP contribution in [-0.4, -0.2) is 38.8 Å². The van der Waals surface area contributed by atoms with Crippen LogP contribution in [0.5, 0.6) is 5.75 Å². The fourth-order valence-corrected chi connectivity index (χ4v) is 3.75. The molecule has 0 aromatic heterocycles. The predicted octanol–water partition coefficient (Wildman–Crippen LogP) is 0.581. The van der Waals surface area contributed by atoms with Crippen molar-refractivity contribution >= 4 is 15.9 Å². The molecule has 0 atom stereocenters. The van der Waals surface area contributed by atoms with Gasteiger partial charge in [-0.05, 0) is 37.1 Å². The highest BCUT2D eigenvalue weighted by atomic mass is 32.2. The Labute approximate surface area is 118 Å². The van der Waals surface area contributed by atoms with Crippen molar-refractivity contribution in [2.75, 3.05) is 20.2 Å². The van der Waals surface area contributed by atoms with Crippen LogP contribution in [0.15, 0.2) is 29.2 Å². The van der Waals surface area contributed by atoms with Gasteiger partial charge < -0.3 is 10.5 Å². The van der Waals surface area contributed by atoms with Crippen LogP contribution in [-0.2, 0) is 14.8 Å². The van der Waals surface area contributed by atoms with Gasteiger partial charge in [-0.1, -0.05) is 0 Å². The Morgan fingerprint density at radius 2 is 1.80 bits per heavy atom. The molecule has 1 fully saturated rings. The first-order valence-electron chi connectivity index (χ1n) is 6.38. The van der Waals surface area contributed by atoms with Crippen LogP contribution in [0.2, 0.25) is 0 Å². The minimum absolute atomic E-state index is 0.225. The lowest BCUT2D eigenvalue weighted by atomic mass is 9.98. The summed E-state index contributed by atoms with van der Waals surface area (Å²) in [7, 11) is -1.98. The molecule has 0 bridgehead atoms. The molecule has 7 heteroatoms. The van der Waals surface area contributed by atoms with Gasteiger partial charge in [0.1, 0.15) is 5.75 Å². The topological polar surface area (TPSA) is 89.7 Å². The van der Waals surface area contributed by atoms with Crippen LogP contribution in [0.4, 0.5) is 0 Å². The summed E-state index contributed by atoms with van der Waals surface area (Å²) in [6.45, 7) is 0.643. The average Bonchev–Trinajstić information content (AvgIpc) is 2.47. The quantitative estimate of drug-likeness (QED) is 0.880. The second kappa shape index (κ2) is 5.80. The van der Waals surface area contributed by atoms with E-state index in [1.165, 1.54) is 23.5 Å². The maximum absolute atomic E-state index is 12.4. The van der Waals surface area contributed by atoms with Crippen LogP contribution in [0.25, 0.3) is 0 Å². The fraction of sp³-hybridized carbons (Fsp3) is 0.462. The van der Waals surface area contributed by atoms with Crippen molar-refractivity contribution in [3.63, 3.8) is 0 Å². The summed E-state index contributed by atoms with van der Waals surface area (Å²) in [5.41, 5.74) is 5.24. The molecule has 1 aliphatic rings. The van der Waals surface area contributed by atoms with E-state index in [9.17, 15) is 13.2 Å². The van der Waals surface area contributed by atoms with Gasteiger partial charge in [0, 0.05) is 19.0 Å². The Kier molecular flexibility index (Phi) is 4.29. The van der Waals surface area contributed by atoms with E-state index in [1.807, 2.05) is 0 Å². The Bertz CT molecular complexity index is 575. The lowest BCUT2D eigenvalue weighted by Gasteiger charge is -2.29. The van der Waals surface area contributed by atoms with Crippen LogP contribution in [0.3, 0.4) is 0 Å². The molecule has 0 saturated carbocycles. The molecule has 0 spiro atoms. The summed E-state index contributed by atoms with van der Waals surface area (Å²) in [5, 5.41) is 0. The number of nitrogens with zero attached hydrogens (tertiary/aromatic N) is 1. The Balaban J connectivity index is 2.13. The van der Waals surface area contributed by atoms with E-state index >= 15 is 0 Å². The van der Waals surface area contributed by atoms with E-state index < -0.39 is 10.0 Å². The normalized spacial score (nSPS) is 17.9. The van der Waals surface area contributed by atoms with Crippen molar-refractivity contribution in [3.05, 3.63) is 24.3 Å². The van der Waals surface area contributed by atoms with Crippen LogP contribution < -0.4 is 10.5 Å². The van der Waals surface area contributed by atoms with Gasteiger partial charge in [-0.25, -0.2) is 8.42 Å². The molecule has 1 aromatic carbocycles. The molecule has 0 unspecified atom stereocenters. The van der Waals surface area contributed by atoms with Gasteiger partial charge in [-0.15, -0.1) is 0 Å². The van der Waals surface area contributed by atoms with Crippen molar-refractivity contribution in [1.82, 2.24) is 4.31 Å². The summed E-state index contributed by atoms with van der Waals surface area (Å²) in [6.07, 6.45) is 0.954. The van der Waals surface area contributed by atoms with E-state index in [0.29, 0.717) is 31.7 Å². The molecule has 1 aliphatic heterocycles. The first-order valence-corrected chi connectivity index (χ1v) is 7.82. The smallest absolute Gasteiger partial charge is 0.243 e. The Morgan fingerprint density at radius 1 is 1.25 bits per heavy atom. The third-order valence-corrected chi connectivity index (χ3v) is 5.47. The van der Waals surface area contributed by atoms with Gasteiger partial charge in [0.25, 0.3) is 0 Å². The molecule has 1 heterocycles. The van der Waals surface area contributed by atoms with Crippen molar-refractivity contribution in [3.8, 4) is 5.75 Å². The number of sulfonamides is 1. The molecule has 1 aromatic rings. The van der Waals surface area contributed by atoms with Crippen LogP contribution in [0, 0.1) is 5.92 Å². The molecule has 0 aliphatic carbocycles. The van der Waals surface area contributed by atoms with Gasteiger partial charge in [0.05, 0.1) is 12.0 Å². The summed E-state index contributed by atoms with van der Waals surface area (Å²) in [5.74, 6) is 0.0280. The van der Waals surface area contributed by atoms with E-state index in [4.69, 9.17) is 10.5 Å². The van der Waals surface area contributed by atoms with E-state index in [0.717, 1.165) is 0 Å². The number of hydrogen-bond acceptors (Lipinski definition) is 4. The zero-order chi connectivity index (χ0) is 14.8. The largest absolute Gasteiger partial charge is 0.497 e. The van der Waals surface area contributed by atoms with Gasteiger partial charge in [-0.3, -0.25) is 4.79 Å². The summed E-state index contributed by atoms with van der Waals surface area (Å²) < 4.78 is 31.3. The maximum Gasteiger partial charge on any atom is 0.243 e. The van der Waals surface area contributed by atoms with Gasteiger partial charge >= 0.3 is 0 Å². The second-order valence-electron chi connectivity index (χ2n) is 4.76. The van der Waals surface area contributed by atoms with E-state index in [2.05, 4.69) is 0 Å².